The lowest BCUT2D eigenvalue weighted by molar-refractivity contribution is -0.144. The molecule has 0 heterocycles. The van der Waals surface area contributed by atoms with Crippen LogP contribution in [0.4, 0.5) is 0 Å². The molecule has 62 valence electrons. The van der Waals surface area contributed by atoms with Gasteiger partial charge < -0.3 is 5.11 Å². The molecular formula is C9H14O2. The third-order valence-electron chi connectivity index (χ3n) is 1.37. The Kier molecular flexibility index (Phi) is 3.58. The van der Waals surface area contributed by atoms with E-state index in [1.807, 2.05) is 19.1 Å². The fourth-order valence-corrected chi connectivity index (χ4v) is 0.479. The smallest absolute Gasteiger partial charge is 0.312 e. The normalized spacial score (nSPS) is 13.0. The van der Waals surface area contributed by atoms with Gasteiger partial charge in [-0.05, 0) is 20.8 Å². The molecular weight excluding hydrogens is 140 g/mol. The van der Waals surface area contributed by atoms with E-state index in [-0.39, 0.29) is 0 Å². The third-order valence-corrected chi connectivity index (χ3v) is 1.37. The molecule has 0 aromatic heterocycles. The highest BCUT2D eigenvalue weighted by Crippen LogP contribution is 2.16. The van der Waals surface area contributed by atoms with Crippen LogP contribution in [0.1, 0.15) is 20.8 Å². The van der Waals surface area contributed by atoms with E-state index in [0.29, 0.717) is 0 Å². The van der Waals surface area contributed by atoms with Gasteiger partial charge in [-0.2, -0.15) is 0 Å². The van der Waals surface area contributed by atoms with Gasteiger partial charge in [0.15, 0.2) is 0 Å². The van der Waals surface area contributed by atoms with Gasteiger partial charge in [-0.25, -0.2) is 0 Å². The number of hydrogen-bond acceptors (Lipinski definition) is 1. The van der Waals surface area contributed by atoms with Crippen LogP contribution >= 0.6 is 0 Å². The molecule has 0 spiro atoms. The monoisotopic (exact) mass is 154 g/mol. The number of carboxylic acids is 1. The number of carboxylic acid groups (broad SMARTS) is 1. The molecule has 0 bridgehead atoms. The predicted molar refractivity (Wildman–Crippen MR) is 45.4 cm³/mol. The van der Waals surface area contributed by atoms with Crippen molar-refractivity contribution in [1.29, 1.82) is 0 Å². The van der Waals surface area contributed by atoms with E-state index in [2.05, 4.69) is 0 Å². The topological polar surface area (TPSA) is 37.3 Å². The Labute approximate surface area is 67.2 Å². The summed E-state index contributed by atoms with van der Waals surface area (Å²) in [5.41, 5.74) is -0.764. The standard InChI is InChI=1S/C9H14O2/c1-4-5-6-7-9(2,3)8(10)11/h4-7H,1-3H3,(H,10,11)/b5-4+,7-6+. The molecule has 2 nitrogen and oxygen atoms in total. The Bertz CT molecular complexity index is 188. The molecule has 0 aliphatic rings. The van der Waals surface area contributed by atoms with E-state index in [0.717, 1.165) is 0 Å². The van der Waals surface area contributed by atoms with Gasteiger partial charge in [0.1, 0.15) is 0 Å². The molecule has 1 N–H and O–H groups in total. The number of hydrogen-bond donors (Lipinski definition) is 1. The van der Waals surface area contributed by atoms with Gasteiger partial charge in [-0.3, -0.25) is 4.79 Å². The van der Waals surface area contributed by atoms with Crippen molar-refractivity contribution < 1.29 is 9.90 Å². The predicted octanol–water partition coefficient (Wildman–Crippen LogP) is 2.23. The van der Waals surface area contributed by atoms with Gasteiger partial charge in [0, 0.05) is 0 Å². The highest BCUT2D eigenvalue weighted by Gasteiger charge is 2.22. The summed E-state index contributed by atoms with van der Waals surface area (Å²) in [5, 5.41) is 8.67. The maximum atomic E-state index is 10.5. The van der Waals surface area contributed by atoms with Crippen LogP contribution in [-0.4, -0.2) is 11.1 Å². The fraction of sp³-hybridized carbons (Fsp3) is 0.444. The van der Waals surface area contributed by atoms with Crippen LogP contribution in [0.25, 0.3) is 0 Å². The molecule has 2 heteroatoms. The quantitative estimate of drug-likeness (QED) is 0.633. The summed E-state index contributed by atoms with van der Waals surface area (Å²) < 4.78 is 0. The zero-order valence-electron chi connectivity index (χ0n) is 7.16. The van der Waals surface area contributed by atoms with Crippen molar-refractivity contribution in [2.45, 2.75) is 20.8 Å². The van der Waals surface area contributed by atoms with Crippen LogP contribution in [0.3, 0.4) is 0 Å². The second kappa shape index (κ2) is 3.96. The van der Waals surface area contributed by atoms with Crippen LogP contribution in [0, 0.1) is 5.41 Å². The molecule has 0 fully saturated rings. The Hall–Kier alpha value is -1.05. The lowest BCUT2D eigenvalue weighted by atomic mass is 9.93. The van der Waals surface area contributed by atoms with Gasteiger partial charge in [0.2, 0.25) is 0 Å². The van der Waals surface area contributed by atoms with Gasteiger partial charge >= 0.3 is 5.97 Å². The van der Waals surface area contributed by atoms with E-state index in [1.165, 1.54) is 0 Å². The Morgan fingerprint density at radius 2 is 1.91 bits per heavy atom. The molecule has 0 aliphatic heterocycles. The first-order chi connectivity index (χ1) is 5.00. The molecule has 11 heavy (non-hydrogen) atoms. The summed E-state index contributed by atoms with van der Waals surface area (Å²) in [5.74, 6) is -0.807. The van der Waals surface area contributed by atoms with Crippen LogP contribution in [-0.2, 0) is 4.79 Å². The van der Waals surface area contributed by atoms with Crippen molar-refractivity contribution in [1.82, 2.24) is 0 Å². The fourth-order valence-electron chi connectivity index (χ4n) is 0.479. The summed E-state index contributed by atoms with van der Waals surface area (Å²) >= 11 is 0. The van der Waals surface area contributed by atoms with Gasteiger partial charge in [-0.1, -0.05) is 24.3 Å². The Morgan fingerprint density at radius 3 is 2.27 bits per heavy atom. The summed E-state index contributed by atoms with van der Waals surface area (Å²) in [7, 11) is 0. The second-order valence-corrected chi connectivity index (χ2v) is 2.91. The van der Waals surface area contributed by atoms with Crippen molar-refractivity contribution in [3.63, 3.8) is 0 Å². The van der Waals surface area contributed by atoms with E-state index in [4.69, 9.17) is 5.11 Å². The summed E-state index contributed by atoms with van der Waals surface area (Å²) in [6.45, 7) is 5.21. The van der Waals surface area contributed by atoms with E-state index >= 15 is 0 Å². The van der Waals surface area contributed by atoms with Gasteiger partial charge in [0.05, 0.1) is 5.41 Å². The van der Waals surface area contributed by atoms with Crippen LogP contribution < -0.4 is 0 Å². The van der Waals surface area contributed by atoms with E-state index < -0.39 is 11.4 Å². The minimum absolute atomic E-state index is 0.764. The average Bonchev–Trinajstić information content (AvgIpc) is 1.88. The first-order valence-electron chi connectivity index (χ1n) is 3.54. The number of aliphatic carboxylic acids is 1. The van der Waals surface area contributed by atoms with Crippen molar-refractivity contribution in [3.8, 4) is 0 Å². The molecule has 0 rings (SSSR count). The van der Waals surface area contributed by atoms with Crippen LogP contribution in [0.2, 0.25) is 0 Å². The molecule has 0 atom stereocenters. The van der Waals surface area contributed by atoms with E-state index in [1.54, 1.807) is 26.0 Å². The molecule has 0 saturated heterocycles. The van der Waals surface area contributed by atoms with Crippen molar-refractivity contribution in [3.05, 3.63) is 24.3 Å². The second-order valence-electron chi connectivity index (χ2n) is 2.91. The zero-order valence-corrected chi connectivity index (χ0v) is 7.16. The summed E-state index contributed by atoms with van der Waals surface area (Å²) in [6.07, 6.45) is 7.07. The highest BCUT2D eigenvalue weighted by molar-refractivity contribution is 5.75. The van der Waals surface area contributed by atoms with Gasteiger partial charge in [-0.15, -0.1) is 0 Å². The highest BCUT2D eigenvalue weighted by atomic mass is 16.4. The van der Waals surface area contributed by atoms with E-state index in [9.17, 15) is 4.79 Å². The van der Waals surface area contributed by atoms with Gasteiger partial charge in [0.25, 0.3) is 0 Å². The first-order valence-corrected chi connectivity index (χ1v) is 3.54. The molecule has 0 amide bonds. The summed E-state index contributed by atoms with van der Waals surface area (Å²) in [6, 6.07) is 0. The minimum atomic E-state index is -0.807. The molecule has 0 aromatic rings. The average molecular weight is 154 g/mol. The number of allylic oxidation sites excluding steroid dienone is 3. The largest absolute Gasteiger partial charge is 0.481 e. The molecule has 0 aliphatic carbocycles. The first kappa shape index (κ1) is 9.95. The van der Waals surface area contributed by atoms with Crippen LogP contribution in [0.5, 0.6) is 0 Å². The van der Waals surface area contributed by atoms with Crippen molar-refractivity contribution in [2.24, 2.45) is 5.41 Å². The van der Waals surface area contributed by atoms with Crippen LogP contribution in [0.15, 0.2) is 24.3 Å². The van der Waals surface area contributed by atoms with Crippen molar-refractivity contribution >= 4 is 5.97 Å². The lowest BCUT2D eigenvalue weighted by Crippen LogP contribution is -2.20. The molecule has 0 unspecified atom stereocenters. The SMILES string of the molecule is C/C=C/C=C/C(C)(C)C(=O)O. The maximum Gasteiger partial charge on any atom is 0.312 e. The lowest BCUT2D eigenvalue weighted by Gasteiger charge is -2.11. The third kappa shape index (κ3) is 3.61. The Morgan fingerprint density at radius 1 is 1.36 bits per heavy atom. The maximum absolute atomic E-state index is 10.5. The molecule has 0 aromatic carbocycles. The minimum Gasteiger partial charge on any atom is -0.481 e. The van der Waals surface area contributed by atoms with Crippen molar-refractivity contribution in [2.75, 3.05) is 0 Å². The number of rotatable bonds is 3. The zero-order chi connectivity index (χ0) is 8.91. The Balaban J connectivity index is 4.22. The summed E-state index contributed by atoms with van der Waals surface area (Å²) in [4.78, 5) is 10.5. The molecule has 0 radical (unpaired) electrons. The molecule has 0 saturated carbocycles. The number of carbonyl (C=O) groups is 1.